The molecular weight excluding hydrogens is 240 g/mol. The third-order valence-electron chi connectivity index (χ3n) is 1.31. The first-order valence-corrected chi connectivity index (χ1v) is 3.75. The van der Waals surface area contributed by atoms with Gasteiger partial charge in [-0.1, -0.05) is 5.43 Å². The minimum absolute atomic E-state index is 0.108. The van der Waals surface area contributed by atoms with Gasteiger partial charge in [-0.3, -0.25) is 4.79 Å². The Morgan fingerprint density at radius 1 is 1.29 bits per heavy atom. The average Bonchev–Trinajstić information content (AvgIpc) is 2.15. The minimum atomic E-state index is -1.13. The summed E-state index contributed by atoms with van der Waals surface area (Å²) in [4.78, 5) is 40.7. The number of nitro groups is 2. The Labute approximate surface area is 91.5 Å². The van der Waals surface area contributed by atoms with Crippen LogP contribution in [0.25, 0.3) is 0 Å². The minimum Gasteiger partial charge on any atom is -0.368 e. The number of anilines is 3. The molecular formula is C4H4N8O5. The first-order chi connectivity index (χ1) is 7.93. The molecule has 13 nitrogen and oxygen atoms in total. The maximum Gasteiger partial charge on any atom is 0.304 e. The van der Waals surface area contributed by atoms with Crippen molar-refractivity contribution in [2.75, 3.05) is 16.2 Å². The highest BCUT2D eigenvalue weighted by atomic mass is 16.7. The van der Waals surface area contributed by atoms with E-state index < -0.39 is 27.9 Å². The second-order valence-electron chi connectivity index (χ2n) is 2.37. The van der Waals surface area contributed by atoms with E-state index in [9.17, 15) is 25.0 Å². The smallest absolute Gasteiger partial charge is 0.304 e. The van der Waals surface area contributed by atoms with Crippen LogP contribution in [0.1, 0.15) is 0 Å². The molecule has 0 aliphatic rings. The Hall–Kier alpha value is -3.12. The first kappa shape index (κ1) is 12.0. The largest absolute Gasteiger partial charge is 0.368 e. The van der Waals surface area contributed by atoms with Gasteiger partial charge < -0.3 is 5.73 Å². The van der Waals surface area contributed by atoms with Crippen molar-refractivity contribution >= 4 is 24.3 Å². The standard InChI is InChI=1S/C4H4N8O5/c5-2-6-3(9-11(14)15)8-4(7-2)10(1-13)12(16)17/h1H,(H3,5,6,7,8,9). The summed E-state index contributed by atoms with van der Waals surface area (Å²) >= 11 is 0. The summed E-state index contributed by atoms with van der Waals surface area (Å²) in [7, 11) is 0. The highest BCUT2D eigenvalue weighted by Crippen LogP contribution is 2.10. The van der Waals surface area contributed by atoms with Gasteiger partial charge in [-0.05, 0) is 0 Å². The van der Waals surface area contributed by atoms with Crippen LogP contribution in [-0.2, 0) is 4.79 Å². The number of hydrazine groups is 2. The number of hydrogen-bond donors (Lipinski definition) is 2. The van der Waals surface area contributed by atoms with Crippen LogP contribution < -0.4 is 16.2 Å². The fourth-order valence-corrected chi connectivity index (χ4v) is 0.773. The van der Waals surface area contributed by atoms with E-state index in [1.807, 2.05) is 0 Å². The van der Waals surface area contributed by atoms with Gasteiger partial charge in [0.2, 0.25) is 5.95 Å². The molecule has 0 aromatic carbocycles. The van der Waals surface area contributed by atoms with Crippen LogP contribution in [0.3, 0.4) is 0 Å². The zero-order chi connectivity index (χ0) is 13.0. The van der Waals surface area contributed by atoms with Crippen molar-refractivity contribution in [1.29, 1.82) is 0 Å². The van der Waals surface area contributed by atoms with Crippen LogP contribution in [0.5, 0.6) is 0 Å². The van der Waals surface area contributed by atoms with E-state index in [-0.39, 0.29) is 11.4 Å². The number of nitrogens with one attached hydrogen (secondary N) is 1. The molecule has 1 rings (SSSR count). The number of amides is 1. The monoisotopic (exact) mass is 244 g/mol. The van der Waals surface area contributed by atoms with Crippen molar-refractivity contribution in [3.8, 4) is 0 Å². The van der Waals surface area contributed by atoms with Gasteiger partial charge in [-0.25, -0.2) is 20.2 Å². The van der Waals surface area contributed by atoms with Crippen LogP contribution in [0.2, 0.25) is 0 Å². The SMILES string of the molecule is Nc1nc(N[N+](=O)[O-])nc(N(C=O)[N+](=O)[O-])n1. The van der Waals surface area contributed by atoms with Crippen LogP contribution in [-0.4, -0.2) is 31.4 Å². The third-order valence-corrected chi connectivity index (χ3v) is 1.31. The molecule has 0 saturated heterocycles. The zero-order valence-corrected chi connectivity index (χ0v) is 7.88. The molecule has 1 aromatic rings. The van der Waals surface area contributed by atoms with Crippen LogP contribution in [0, 0.1) is 20.2 Å². The van der Waals surface area contributed by atoms with E-state index in [4.69, 9.17) is 5.73 Å². The molecule has 17 heavy (non-hydrogen) atoms. The molecule has 0 fully saturated rings. The summed E-state index contributed by atoms with van der Waals surface area (Å²) < 4.78 is 0. The third kappa shape index (κ3) is 2.91. The summed E-state index contributed by atoms with van der Waals surface area (Å²) in [5.74, 6) is -1.90. The fraction of sp³-hybridized carbons (Fsp3) is 0. The molecule has 0 radical (unpaired) electrons. The van der Waals surface area contributed by atoms with E-state index in [2.05, 4.69) is 15.0 Å². The van der Waals surface area contributed by atoms with Gasteiger partial charge in [0.15, 0.2) is 10.1 Å². The molecule has 0 aliphatic heterocycles. The summed E-state index contributed by atoms with van der Waals surface area (Å²) in [6, 6.07) is 0. The lowest BCUT2D eigenvalue weighted by molar-refractivity contribution is -0.482. The molecule has 0 saturated carbocycles. The number of rotatable bonds is 5. The molecule has 13 heteroatoms. The first-order valence-electron chi connectivity index (χ1n) is 3.75. The van der Waals surface area contributed by atoms with Gasteiger partial charge in [0.25, 0.3) is 12.4 Å². The quantitative estimate of drug-likeness (QED) is 0.340. The van der Waals surface area contributed by atoms with E-state index in [1.54, 1.807) is 0 Å². The molecule has 0 spiro atoms. The molecule has 1 aromatic heterocycles. The summed E-state index contributed by atoms with van der Waals surface area (Å²) in [5.41, 5.74) is 6.66. The van der Waals surface area contributed by atoms with Crippen molar-refractivity contribution in [3.63, 3.8) is 0 Å². The van der Waals surface area contributed by atoms with Crippen molar-refractivity contribution in [2.24, 2.45) is 0 Å². The van der Waals surface area contributed by atoms with E-state index in [0.717, 1.165) is 0 Å². The summed E-state index contributed by atoms with van der Waals surface area (Å²) in [6.45, 7) is 0. The molecule has 1 amide bonds. The number of hydrogen-bond acceptors (Lipinski definition) is 9. The fourth-order valence-electron chi connectivity index (χ4n) is 0.773. The van der Waals surface area contributed by atoms with Crippen LogP contribution in [0.15, 0.2) is 0 Å². The van der Waals surface area contributed by atoms with E-state index in [1.165, 1.54) is 5.43 Å². The zero-order valence-electron chi connectivity index (χ0n) is 7.88. The lowest BCUT2D eigenvalue weighted by Gasteiger charge is -2.05. The van der Waals surface area contributed by atoms with Crippen LogP contribution in [0.4, 0.5) is 17.8 Å². The molecule has 3 N–H and O–H groups in total. The van der Waals surface area contributed by atoms with Gasteiger partial charge >= 0.3 is 5.95 Å². The number of nitrogens with zero attached hydrogens (tertiary/aromatic N) is 6. The Morgan fingerprint density at radius 3 is 2.41 bits per heavy atom. The predicted octanol–water partition coefficient (Wildman–Crippen LogP) is -1.79. The lowest BCUT2D eigenvalue weighted by Crippen LogP contribution is -2.30. The van der Waals surface area contributed by atoms with Crippen molar-refractivity contribution in [1.82, 2.24) is 15.0 Å². The van der Waals surface area contributed by atoms with Crippen molar-refractivity contribution in [3.05, 3.63) is 20.2 Å². The summed E-state index contributed by atoms with van der Waals surface area (Å²) in [5, 5.41) is 18.2. The van der Waals surface area contributed by atoms with Crippen LogP contribution >= 0.6 is 0 Å². The molecule has 1 heterocycles. The molecule has 0 unspecified atom stereocenters. The Morgan fingerprint density at radius 2 is 1.94 bits per heavy atom. The van der Waals surface area contributed by atoms with E-state index in [0.29, 0.717) is 0 Å². The lowest BCUT2D eigenvalue weighted by atomic mass is 10.8. The molecule has 0 aliphatic carbocycles. The normalized spacial score (nSPS) is 9.41. The Balaban J connectivity index is 3.15. The summed E-state index contributed by atoms with van der Waals surface area (Å²) in [6.07, 6.45) is -0.190. The highest BCUT2D eigenvalue weighted by molar-refractivity contribution is 5.67. The number of carbonyl (C=O) groups excluding carboxylic acids is 1. The molecule has 0 bridgehead atoms. The van der Waals surface area contributed by atoms with Gasteiger partial charge in [0.05, 0.1) is 0 Å². The maximum absolute atomic E-state index is 10.4. The van der Waals surface area contributed by atoms with E-state index >= 15 is 0 Å². The highest BCUT2D eigenvalue weighted by Gasteiger charge is 2.22. The number of aromatic nitrogens is 3. The molecule has 0 atom stereocenters. The second kappa shape index (κ2) is 4.60. The maximum atomic E-state index is 10.4. The number of carbonyl (C=O) groups is 1. The van der Waals surface area contributed by atoms with Gasteiger partial charge in [0, 0.05) is 5.01 Å². The van der Waals surface area contributed by atoms with Crippen molar-refractivity contribution in [2.45, 2.75) is 0 Å². The van der Waals surface area contributed by atoms with Crippen molar-refractivity contribution < 1.29 is 14.9 Å². The number of nitrogen functional groups attached to an aromatic ring is 1. The number of nitrogens with two attached hydrogens (primary N) is 1. The Kier molecular flexibility index (Phi) is 3.23. The molecule has 90 valence electrons. The topological polar surface area (TPSA) is 183 Å². The van der Waals surface area contributed by atoms with Gasteiger partial charge in [0.1, 0.15) is 0 Å². The second-order valence-corrected chi connectivity index (χ2v) is 2.37. The Bertz CT molecular complexity index is 475. The van der Waals surface area contributed by atoms with Gasteiger partial charge in [-0.15, -0.1) is 0 Å². The van der Waals surface area contributed by atoms with Gasteiger partial charge in [-0.2, -0.15) is 15.0 Å². The predicted molar refractivity (Wildman–Crippen MR) is 50.4 cm³/mol. The average molecular weight is 244 g/mol.